The zero-order valence-electron chi connectivity index (χ0n) is 32.3. The molecule has 6 nitrogen and oxygen atoms in total. The largest absolute Gasteiger partial charge is 4.00 e. The van der Waals surface area contributed by atoms with Crippen LogP contribution in [0.25, 0.3) is 0 Å². The van der Waals surface area contributed by atoms with Gasteiger partial charge in [0.2, 0.25) is 0 Å². The SMILES string of the molecule is COc1c(C)cc([Si](c2cc(C)c(OC)c(C)c2OC)(c2cc(C)c(OC)c(C)c2OC)C2(C)[C-]=C(C)C(C)=C2C)c(OC)c1C.[Cl-].[Cl-].[Cl-].[Ti+4]. The van der Waals surface area contributed by atoms with E-state index in [0.717, 1.165) is 89.0 Å². The first-order chi connectivity index (χ1) is 21.7. The summed E-state index contributed by atoms with van der Waals surface area (Å²) in [4.78, 5) is 0. The van der Waals surface area contributed by atoms with Crippen molar-refractivity contribution >= 4 is 23.6 Å². The smallest absolute Gasteiger partial charge is 1.00 e. The number of benzene rings is 3. The fourth-order valence-electron chi connectivity index (χ4n) is 8.25. The number of aryl methyl sites for hydroxylation is 3. The zero-order valence-corrected chi connectivity index (χ0v) is 37.1. The number of allylic oxidation sites excluding steroid dienone is 4. The monoisotopic (exact) mass is 796 g/mol. The van der Waals surface area contributed by atoms with Gasteiger partial charge in [0.05, 0.1) is 42.7 Å². The third-order valence-electron chi connectivity index (χ3n) is 10.4. The summed E-state index contributed by atoms with van der Waals surface area (Å²) >= 11 is 0. The van der Waals surface area contributed by atoms with E-state index in [1.54, 1.807) is 42.7 Å². The number of methoxy groups -OCH3 is 6. The quantitative estimate of drug-likeness (QED) is 0.134. The maximum Gasteiger partial charge on any atom is 4.00 e. The molecule has 272 valence electrons. The van der Waals surface area contributed by atoms with Crippen molar-refractivity contribution in [2.45, 2.75) is 74.3 Å². The summed E-state index contributed by atoms with van der Waals surface area (Å²) in [5.41, 5.74) is 9.53. The molecule has 0 saturated carbocycles. The molecule has 50 heavy (non-hydrogen) atoms. The van der Waals surface area contributed by atoms with Gasteiger partial charge in [-0.15, -0.1) is 6.92 Å². The fraction of sp³-hybridized carbons (Fsp3) is 0.436. The third-order valence-corrected chi connectivity index (χ3v) is 16.0. The molecule has 0 radical (unpaired) electrons. The minimum atomic E-state index is -3.49. The van der Waals surface area contributed by atoms with E-state index in [1.165, 1.54) is 11.1 Å². The van der Waals surface area contributed by atoms with Crippen LogP contribution in [0.4, 0.5) is 0 Å². The van der Waals surface area contributed by atoms with Crippen LogP contribution in [0.3, 0.4) is 0 Å². The van der Waals surface area contributed by atoms with Gasteiger partial charge in [0.25, 0.3) is 0 Å². The molecule has 4 rings (SSSR count). The van der Waals surface area contributed by atoms with E-state index in [2.05, 4.69) is 93.5 Å². The molecule has 0 fully saturated rings. The van der Waals surface area contributed by atoms with Crippen molar-refractivity contribution in [2.75, 3.05) is 42.7 Å². The Kier molecular flexibility index (Phi) is 17.2. The summed E-state index contributed by atoms with van der Waals surface area (Å²) in [5.74, 6) is 4.78. The maximum atomic E-state index is 6.45. The predicted octanol–water partition coefficient (Wildman–Crippen LogP) is -2.07. The molecule has 1 aliphatic carbocycles. The van der Waals surface area contributed by atoms with Crippen molar-refractivity contribution in [3.63, 3.8) is 0 Å². The normalized spacial score (nSPS) is 15.1. The predicted molar refractivity (Wildman–Crippen MR) is 191 cm³/mol. The number of halogens is 3. The van der Waals surface area contributed by atoms with Crippen LogP contribution in [-0.2, 0) is 21.7 Å². The van der Waals surface area contributed by atoms with E-state index >= 15 is 0 Å². The van der Waals surface area contributed by atoms with Crippen molar-refractivity contribution in [3.8, 4) is 34.5 Å². The summed E-state index contributed by atoms with van der Waals surface area (Å²) in [5, 5.41) is 2.66. The van der Waals surface area contributed by atoms with Crippen LogP contribution in [0.2, 0.25) is 5.04 Å². The van der Waals surface area contributed by atoms with Crippen LogP contribution in [0.5, 0.6) is 34.5 Å². The van der Waals surface area contributed by atoms with E-state index in [-0.39, 0.29) is 58.9 Å². The topological polar surface area (TPSA) is 55.4 Å². The van der Waals surface area contributed by atoms with Gasteiger partial charge in [-0.3, -0.25) is 6.08 Å². The van der Waals surface area contributed by atoms with Gasteiger partial charge in [-0.1, -0.05) is 44.0 Å². The second-order valence-electron chi connectivity index (χ2n) is 12.7. The second kappa shape index (κ2) is 18.0. The number of ether oxygens (including phenoxy) is 6. The van der Waals surface area contributed by atoms with Crippen molar-refractivity contribution in [1.82, 2.24) is 0 Å². The van der Waals surface area contributed by atoms with Crippen molar-refractivity contribution in [3.05, 3.63) is 74.4 Å². The number of hydrogen-bond donors (Lipinski definition) is 0. The molecule has 0 saturated heterocycles. The van der Waals surface area contributed by atoms with Gasteiger partial charge in [0.15, 0.2) is 8.07 Å². The van der Waals surface area contributed by atoms with Gasteiger partial charge in [-0.05, 0) is 73.8 Å². The maximum absolute atomic E-state index is 6.45. The van der Waals surface area contributed by atoms with Crippen LogP contribution in [0.15, 0.2) is 34.9 Å². The molecule has 3 aromatic rings. The average molecular weight is 798 g/mol. The molecular formula is C39H51Cl3O6SiTi. The molecule has 0 bridgehead atoms. The first-order valence-electron chi connectivity index (χ1n) is 15.7. The summed E-state index contributed by atoms with van der Waals surface area (Å²) in [6.45, 7) is 21.5. The van der Waals surface area contributed by atoms with Gasteiger partial charge in [0, 0.05) is 16.7 Å². The Morgan fingerprint density at radius 3 is 0.940 bits per heavy atom. The zero-order chi connectivity index (χ0) is 34.5. The first kappa shape index (κ1) is 47.7. The van der Waals surface area contributed by atoms with Crippen LogP contribution >= 0.6 is 0 Å². The minimum Gasteiger partial charge on any atom is -1.00 e. The Morgan fingerprint density at radius 1 is 0.480 bits per heavy atom. The van der Waals surface area contributed by atoms with Crippen LogP contribution in [0, 0.1) is 47.6 Å². The molecule has 0 N–H and O–H groups in total. The van der Waals surface area contributed by atoms with Crippen LogP contribution < -0.4 is 81.2 Å². The van der Waals surface area contributed by atoms with E-state index in [0.29, 0.717) is 0 Å². The molecular weight excluding hydrogens is 747 g/mol. The van der Waals surface area contributed by atoms with Crippen molar-refractivity contribution in [1.29, 1.82) is 0 Å². The average Bonchev–Trinajstić information content (AvgIpc) is 3.20. The second-order valence-corrected chi connectivity index (χ2v) is 16.8. The Hall–Kier alpha value is -2.26. The number of hydrogen-bond acceptors (Lipinski definition) is 6. The van der Waals surface area contributed by atoms with Crippen LogP contribution in [0.1, 0.15) is 61.1 Å². The van der Waals surface area contributed by atoms with Gasteiger partial charge < -0.3 is 65.6 Å². The van der Waals surface area contributed by atoms with E-state index < -0.39 is 13.1 Å². The first-order valence-corrected chi connectivity index (χ1v) is 17.7. The third kappa shape index (κ3) is 6.84. The van der Waals surface area contributed by atoms with E-state index in [9.17, 15) is 0 Å². The van der Waals surface area contributed by atoms with Gasteiger partial charge >= 0.3 is 21.7 Å². The van der Waals surface area contributed by atoms with Crippen LogP contribution in [-0.4, -0.2) is 50.7 Å². The standard InChI is InChI=1S/C39H51O6Si.3ClH.Ti/c1-21-17-30(36(43-14)26(6)33(21)40-11)46(39(10)20-24(4)25(5)29(39)9,31-18-22(2)34(41-12)27(7)37(31)44-15)32-19-23(3)35(42-13)28(8)38(32)45-16;;;;/h17-19H,1-16H3;3*1H;/q-1;;;;+4/p-3. The summed E-state index contributed by atoms with van der Waals surface area (Å²) in [6, 6.07) is 6.80. The minimum absolute atomic E-state index is 0. The molecule has 1 unspecified atom stereocenters. The molecule has 0 heterocycles. The van der Waals surface area contributed by atoms with E-state index in [4.69, 9.17) is 28.4 Å². The molecule has 0 amide bonds. The fourth-order valence-corrected chi connectivity index (χ4v) is 15.1. The Bertz CT molecular complexity index is 1630. The van der Waals surface area contributed by atoms with Crippen molar-refractivity contribution in [2.24, 2.45) is 0 Å². The molecule has 0 spiro atoms. The van der Waals surface area contributed by atoms with Gasteiger partial charge in [-0.2, -0.15) is 11.1 Å². The number of rotatable bonds is 10. The van der Waals surface area contributed by atoms with Gasteiger partial charge in [-0.25, -0.2) is 5.57 Å². The summed E-state index contributed by atoms with van der Waals surface area (Å²) in [6.07, 6.45) is 4.07. The molecule has 0 aliphatic heterocycles. The molecule has 3 aromatic carbocycles. The Morgan fingerprint density at radius 2 is 0.740 bits per heavy atom. The summed E-state index contributed by atoms with van der Waals surface area (Å²) < 4.78 is 37.2. The molecule has 11 heteroatoms. The van der Waals surface area contributed by atoms with Crippen molar-refractivity contribution < 1.29 is 87.4 Å². The Balaban J connectivity index is 0.00000600. The summed E-state index contributed by atoms with van der Waals surface area (Å²) in [7, 11) is 6.90. The van der Waals surface area contributed by atoms with E-state index in [1.807, 2.05) is 0 Å². The molecule has 1 atom stereocenters. The molecule has 1 aliphatic rings. The van der Waals surface area contributed by atoms with Gasteiger partial charge in [0.1, 0.15) is 34.5 Å². The Labute approximate surface area is 334 Å². The molecule has 0 aromatic heterocycles.